The van der Waals surface area contributed by atoms with Gasteiger partial charge in [0.2, 0.25) is 0 Å². The molecule has 0 radical (unpaired) electrons. The van der Waals surface area contributed by atoms with Crippen molar-refractivity contribution in [2.24, 2.45) is 0 Å². The van der Waals surface area contributed by atoms with E-state index in [2.05, 4.69) is 6.58 Å². The van der Waals surface area contributed by atoms with E-state index in [1.54, 1.807) is 19.9 Å². The molecule has 0 unspecified atom stereocenters. The van der Waals surface area contributed by atoms with Gasteiger partial charge >= 0.3 is 13.1 Å². The molecule has 1 saturated heterocycles. The molecular weight excluding hydrogens is 362 g/mol. The van der Waals surface area contributed by atoms with Gasteiger partial charge in [0.1, 0.15) is 17.3 Å². The summed E-state index contributed by atoms with van der Waals surface area (Å²) in [6, 6.07) is 4.03. The molecule has 1 fully saturated rings. The van der Waals surface area contributed by atoms with Crippen molar-refractivity contribution in [2.45, 2.75) is 59.2 Å². The predicted octanol–water partition coefficient (Wildman–Crippen LogP) is 4.40. The van der Waals surface area contributed by atoms with Gasteiger partial charge in [-0.25, -0.2) is 4.39 Å². The summed E-state index contributed by atoms with van der Waals surface area (Å²) in [6.45, 7) is 15.6. The molecule has 2 rings (SSSR count). The largest absolute Gasteiger partial charge is 0.494 e. The molecule has 0 amide bonds. The highest BCUT2D eigenvalue weighted by Gasteiger charge is 2.51. The van der Waals surface area contributed by atoms with Crippen LogP contribution in [0.4, 0.5) is 4.39 Å². The van der Waals surface area contributed by atoms with Crippen LogP contribution in [0.5, 0.6) is 5.75 Å². The lowest BCUT2D eigenvalue weighted by Gasteiger charge is -2.32. The van der Waals surface area contributed by atoms with E-state index in [4.69, 9.17) is 18.8 Å². The van der Waals surface area contributed by atoms with Crippen LogP contribution in [0.1, 0.15) is 47.1 Å². The number of ether oxygens (including phenoxy) is 2. The average Bonchev–Trinajstić information content (AvgIpc) is 2.78. The fraction of sp³-hybridized carbons (Fsp3) is 0.476. The SMILES string of the molecule is C=C(/C=C(\C)Oc1ccc(F)cc1CC(=O)OCC)B1OC(C)(C)C(C)(C)O1. The molecule has 152 valence electrons. The fourth-order valence-electron chi connectivity index (χ4n) is 2.68. The van der Waals surface area contributed by atoms with Crippen LogP contribution in [0.3, 0.4) is 0 Å². The second kappa shape index (κ2) is 8.49. The Kier molecular flexibility index (Phi) is 6.73. The zero-order valence-electron chi connectivity index (χ0n) is 17.4. The highest BCUT2D eigenvalue weighted by Crippen LogP contribution is 2.38. The lowest BCUT2D eigenvalue weighted by Crippen LogP contribution is -2.41. The summed E-state index contributed by atoms with van der Waals surface area (Å²) in [7, 11) is -0.587. The highest BCUT2D eigenvalue weighted by atomic mass is 19.1. The number of carbonyl (C=O) groups is 1. The lowest BCUT2D eigenvalue weighted by molar-refractivity contribution is -0.142. The summed E-state index contributed by atoms with van der Waals surface area (Å²) in [4.78, 5) is 11.8. The van der Waals surface area contributed by atoms with Crippen LogP contribution in [-0.4, -0.2) is 30.9 Å². The number of hydrogen-bond acceptors (Lipinski definition) is 5. The van der Waals surface area contributed by atoms with Crippen molar-refractivity contribution in [1.82, 2.24) is 0 Å². The van der Waals surface area contributed by atoms with Gasteiger partial charge in [-0.3, -0.25) is 4.79 Å². The lowest BCUT2D eigenvalue weighted by atomic mass is 9.79. The average molecular weight is 390 g/mol. The van der Waals surface area contributed by atoms with Crippen molar-refractivity contribution in [1.29, 1.82) is 0 Å². The first-order chi connectivity index (χ1) is 12.9. The van der Waals surface area contributed by atoms with Gasteiger partial charge < -0.3 is 18.8 Å². The Labute approximate surface area is 166 Å². The van der Waals surface area contributed by atoms with E-state index < -0.39 is 30.1 Å². The molecule has 1 aromatic carbocycles. The van der Waals surface area contributed by atoms with Crippen LogP contribution in [-0.2, 0) is 25.3 Å². The minimum atomic E-state index is -0.587. The Balaban J connectivity index is 2.13. The molecule has 1 aliphatic rings. The molecule has 1 aromatic rings. The van der Waals surface area contributed by atoms with Crippen molar-refractivity contribution < 1.29 is 28.0 Å². The molecule has 0 bridgehead atoms. The number of allylic oxidation sites excluding steroid dienone is 3. The Morgan fingerprint density at radius 3 is 2.43 bits per heavy atom. The molecule has 28 heavy (non-hydrogen) atoms. The molecule has 0 saturated carbocycles. The topological polar surface area (TPSA) is 54.0 Å². The van der Waals surface area contributed by atoms with E-state index in [9.17, 15) is 9.18 Å². The van der Waals surface area contributed by atoms with Gasteiger partial charge in [-0.1, -0.05) is 6.58 Å². The Hall–Kier alpha value is -2.12. The summed E-state index contributed by atoms with van der Waals surface area (Å²) >= 11 is 0. The van der Waals surface area contributed by atoms with Crippen LogP contribution >= 0.6 is 0 Å². The summed E-state index contributed by atoms with van der Waals surface area (Å²) in [6.07, 6.45) is 1.63. The van der Waals surface area contributed by atoms with E-state index in [0.717, 1.165) is 0 Å². The highest BCUT2D eigenvalue weighted by molar-refractivity contribution is 6.55. The first-order valence-corrected chi connectivity index (χ1v) is 9.30. The molecule has 1 aliphatic heterocycles. The Bertz CT molecular complexity index is 769. The number of halogens is 1. The number of benzene rings is 1. The van der Waals surface area contributed by atoms with E-state index in [1.807, 2.05) is 27.7 Å². The Morgan fingerprint density at radius 1 is 1.25 bits per heavy atom. The van der Waals surface area contributed by atoms with Gasteiger partial charge in [-0.05, 0) is 71.3 Å². The second-order valence-electron chi connectivity index (χ2n) is 7.75. The van der Waals surface area contributed by atoms with Crippen molar-refractivity contribution in [3.63, 3.8) is 0 Å². The first-order valence-electron chi connectivity index (χ1n) is 9.30. The third-order valence-electron chi connectivity index (χ3n) is 4.88. The monoisotopic (exact) mass is 390 g/mol. The maximum atomic E-state index is 13.6. The molecule has 5 nitrogen and oxygen atoms in total. The normalized spacial score (nSPS) is 18.1. The van der Waals surface area contributed by atoms with Crippen molar-refractivity contribution in [3.05, 3.63) is 53.5 Å². The van der Waals surface area contributed by atoms with E-state index >= 15 is 0 Å². The van der Waals surface area contributed by atoms with Gasteiger partial charge in [-0.15, -0.1) is 0 Å². The van der Waals surface area contributed by atoms with Gasteiger partial charge in [-0.2, -0.15) is 0 Å². The molecule has 0 aromatic heterocycles. The first kappa shape index (κ1) is 22.2. The van der Waals surface area contributed by atoms with Crippen LogP contribution in [0.25, 0.3) is 0 Å². The zero-order chi connectivity index (χ0) is 21.1. The molecule has 1 heterocycles. The summed E-state index contributed by atoms with van der Waals surface area (Å²) < 4.78 is 36.3. The molecule has 0 spiro atoms. The van der Waals surface area contributed by atoms with Crippen LogP contribution in [0.15, 0.2) is 42.1 Å². The summed E-state index contributed by atoms with van der Waals surface area (Å²) in [5, 5.41) is 0. The van der Waals surface area contributed by atoms with Gasteiger partial charge in [0, 0.05) is 5.56 Å². The van der Waals surface area contributed by atoms with Crippen molar-refractivity contribution in [3.8, 4) is 5.75 Å². The minimum absolute atomic E-state index is 0.0770. The molecule has 7 heteroatoms. The summed E-state index contributed by atoms with van der Waals surface area (Å²) in [5.74, 6) is -0.00234. The van der Waals surface area contributed by atoms with Crippen molar-refractivity contribution >= 4 is 13.1 Å². The third-order valence-corrected chi connectivity index (χ3v) is 4.88. The zero-order valence-corrected chi connectivity index (χ0v) is 17.4. The van der Waals surface area contributed by atoms with Gasteiger partial charge in [0.25, 0.3) is 0 Å². The maximum Gasteiger partial charge on any atom is 0.494 e. The van der Waals surface area contributed by atoms with Gasteiger partial charge in [0.15, 0.2) is 0 Å². The molecular formula is C21H28BFO5. The summed E-state index contributed by atoms with van der Waals surface area (Å²) in [5.41, 5.74) is 0.0811. The minimum Gasteiger partial charge on any atom is -0.466 e. The Morgan fingerprint density at radius 2 is 1.86 bits per heavy atom. The van der Waals surface area contributed by atoms with Crippen LogP contribution in [0, 0.1) is 5.82 Å². The quantitative estimate of drug-likeness (QED) is 0.299. The van der Waals surface area contributed by atoms with Crippen LogP contribution < -0.4 is 4.74 Å². The van der Waals surface area contributed by atoms with Gasteiger partial charge in [0.05, 0.1) is 24.2 Å². The smallest absolute Gasteiger partial charge is 0.466 e. The number of esters is 1. The molecule has 0 N–H and O–H groups in total. The predicted molar refractivity (Wildman–Crippen MR) is 106 cm³/mol. The standard InChI is InChI=1S/C21H28BFO5/c1-8-25-19(24)13-16-12-17(23)9-10-18(16)26-15(3)11-14(2)22-27-20(4,5)21(6,7)28-22/h9-12H,2,8,13H2,1,3-7H3/b15-11+. The van der Waals surface area contributed by atoms with Crippen molar-refractivity contribution in [2.75, 3.05) is 6.61 Å². The number of rotatable bonds is 7. The molecule has 0 atom stereocenters. The van der Waals surface area contributed by atoms with E-state index in [1.165, 1.54) is 18.2 Å². The maximum absolute atomic E-state index is 13.6. The number of hydrogen-bond donors (Lipinski definition) is 0. The fourth-order valence-corrected chi connectivity index (χ4v) is 2.68. The third kappa shape index (κ3) is 5.23. The molecule has 0 aliphatic carbocycles. The van der Waals surface area contributed by atoms with Crippen LogP contribution in [0.2, 0.25) is 0 Å². The van der Waals surface area contributed by atoms with E-state index in [0.29, 0.717) is 22.5 Å². The number of carbonyl (C=O) groups excluding carboxylic acids is 1. The second-order valence-corrected chi connectivity index (χ2v) is 7.75. The van der Waals surface area contributed by atoms with E-state index in [-0.39, 0.29) is 13.0 Å².